The van der Waals surface area contributed by atoms with E-state index in [1.807, 2.05) is 0 Å². The van der Waals surface area contributed by atoms with E-state index in [-0.39, 0.29) is 18.6 Å². The van der Waals surface area contributed by atoms with Crippen LogP contribution in [0.1, 0.15) is 12.8 Å². The molecule has 0 aliphatic carbocycles. The third kappa shape index (κ3) is 2.87. The monoisotopic (exact) mass is 193 g/mol. The Balaban J connectivity index is 2.57. The predicted octanol–water partition coefficient (Wildman–Crippen LogP) is 2.03. The van der Waals surface area contributed by atoms with E-state index >= 15 is 0 Å². The van der Waals surface area contributed by atoms with Crippen LogP contribution in [0, 0.1) is 17.1 Å². The molecule has 0 fully saturated rings. The van der Waals surface area contributed by atoms with Crippen molar-refractivity contribution in [1.82, 2.24) is 0 Å². The minimum atomic E-state index is -0.600. The van der Waals surface area contributed by atoms with Gasteiger partial charge in [-0.2, -0.15) is 5.26 Å². The molecule has 0 aliphatic heterocycles. The van der Waals surface area contributed by atoms with Crippen molar-refractivity contribution in [2.75, 3.05) is 0 Å². The Morgan fingerprint density at radius 3 is 2.86 bits per heavy atom. The first kappa shape index (κ1) is 10.2. The van der Waals surface area contributed by atoms with Crippen LogP contribution in [0.15, 0.2) is 24.3 Å². The van der Waals surface area contributed by atoms with Crippen LogP contribution in [0.25, 0.3) is 0 Å². The summed E-state index contributed by atoms with van der Waals surface area (Å²) in [5.74, 6) is -1.29. The number of benzene rings is 1. The molecule has 0 spiro atoms. The van der Waals surface area contributed by atoms with Gasteiger partial charge < -0.3 is 4.74 Å². The van der Waals surface area contributed by atoms with Gasteiger partial charge in [0.1, 0.15) is 0 Å². The van der Waals surface area contributed by atoms with E-state index in [4.69, 9.17) is 5.26 Å². The van der Waals surface area contributed by atoms with E-state index in [1.54, 1.807) is 12.1 Å². The minimum Gasteiger partial charge on any atom is -0.423 e. The maximum atomic E-state index is 12.9. The van der Waals surface area contributed by atoms with Crippen LogP contribution >= 0.6 is 0 Å². The molecule has 0 saturated heterocycles. The van der Waals surface area contributed by atoms with Crippen LogP contribution < -0.4 is 4.74 Å². The molecule has 0 aliphatic rings. The predicted molar refractivity (Wildman–Crippen MR) is 46.9 cm³/mol. The van der Waals surface area contributed by atoms with Crippen molar-refractivity contribution in [2.24, 2.45) is 0 Å². The van der Waals surface area contributed by atoms with Gasteiger partial charge in [0.15, 0.2) is 11.6 Å². The molecule has 0 bridgehead atoms. The van der Waals surface area contributed by atoms with Crippen LogP contribution in [0.2, 0.25) is 0 Å². The van der Waals surface area contributed by atoms with Crippen LogP contribution in [-0.2, 0) is 4.79 Å². The van der Waals surface area contributed by atoms with Gasteiger partial charge in [0.2, 0.25) is 0 Å². The Morgan fingerprint density at radius 1 is 1.50 bits per heavy atom. The fourth-order valence-electron chi connectivity index (χ4n) is 0.859. The lowest BCUT2D eigenvalue weighted by Gasteiger charge is -2.02. The van der Waals surface area contributed by atoms with Crippen molar-refractivity contribution in [3.05, 3.63) is 30.1 Å². The Bertz CT molecular complexity index is 371. The second kappa shape index (κ2) is 4.97. The van der Waals surface area contributed by atoms with Crippen molar-refractivity contribution >= 4 is 5.97 Å². The minimum absolute atomic E-state index is 0.0230. The number of para-hydroxylation sites is 1. The average Bonchev–Trinajstić information content (AvgIpc) is 2.18. The van der Waals surface area contributed by atoms with Crippen LogP contribution in [0.5, 0.6) is 5.75 Å². The van der Waals surface area contributed by atoms with Gasteiger partial charge in [-0.05, 0) is 12.1 Å². The van der Waals surface area contributed by atoms with Crippen LogP contribution in [0.4, 0.5) is 4.39 Å². The normalized spacial score (nSPS) is 9.14. The van der Waals surface area contributed by atoms with E-state index in [2.05, 4.69) is 4.74 Å². The molecule has 0 amide bonds. The maximum Gasteiger partial charge on any atom is 0.312 e. The molecule has 0 atom stereocenters. The quantitative estimate of drug-likeness (QED) is 0.545. The Hall–Kier alpha value is -1.89. The smallest absolute Gasteiger partial charge is 0.312 e. The number of carbonyl (C=O) groups is 1. The largest absolute Gasteiger partial charge is 0.423 e. The zero-order valence-corrected chi connectivity index (χ0v) is 7.37. The van der Waals surface area contributed by atoms with Crippen LogP contribution in [-0.4, -0.2) is 5.97 Å². The number of rotatable bonds is 3. The highest BCUT2D eigenvalue weighted by Gasteiger charge is 2.07. The maximum absolute atomic E-state index is 12.9. The molecule has 0 N–H and O–H groups in total. The third-order valence-electron chi connectivity index (χ3n) is 1.50. The van der Waals surface area contributed by atoms with Gasteiger partial charge >= 0.3 is 5.97 Å². The Labute approximate surface area is 80.7 Å². The van der Waals surface area contributed by atoms with Gasteiger partial charge in [0, 0.05) is 6.42 Å². The summed E-state index contributed by atoms with van der Waals surface area (Å²) in [5, 5.41) is 8.20. The summed E-state index contributed by atoms with van der Waals surface area (Å²) in [5.41, 5.74) is 0. The van der Waals surface area contributed by atoms with E-state index < -0.39 is 11.8 Å². The van der Waals surface area contributed by atoms with E-state index in [1.165, 1.54) is 18.2 Å². The zero-order chi connectivity index (χ0) is 10.4. The number of nitrogens with zero attached hydrogens (tertiary/aromatic N) is 1. The first-order chi connectivity index (χ1) is 6.74. The summed E-state index contributed by atoms with van der Waals surface area (Å²) in [6, 6.07) is 7.43. The molecule has 0 saturated carbocycles. The summed E-state index contributed by atoms with van der Waals surface area (Å²) < 4.78 is 17.6. The summed E-state index contributed by atoms with van der Waals surface area (Å²) in [7, 11) is 0. The van der Waals surface area contributed by atoms with Gasteiger partial charge in [-0.25, -0.2) is 4.39 Å². The molecule has 72 valence electrons. The highest BCUT2D eigenvalue weighted by Crippen LogP contribution is 2.15. The molecule has 4 heteroatoms. The third-order valence-corrected chi connectivity index (χ3v) is 1.50. The molecule has 14 heavy (non-hydrogen) atoms. The molecule has 0 aromatic heterocycles. The summed E-state index contributed by atoms with van der Waals surface area (Å²) in [4.78, 5) is 11.0. The Kier molecular flexibility index (Phi) is 3.62. The SMILES string of the molecule is N#CCCC(=O)Oc1ccccc1F. The van der Waals surface area contributed by atoms with Crippen molar-refractivity contribution in [2.45, 2.75) is 12.8 Å². The van der Waals surface area contributed by atoms with Gasteiger partial charge in [-0.1, -0.05) is 12.1 Å². The van der Waals surface area contributed by atoms with Crippen molar-refractivity contribution < 1.29 is 13.9 Å². The molecule has 0 heterocycles. The number of nitriles is 1. The first-order valence-electron chi connectivity index (χ1n) is 4.06. The van der Waals surface area contributed by atoms with Crippen LogP contribution in [0.3, 0.4) is 0 Å². The zero-order valence-electron chi connectivity index (χ0n) is 7.37. The number of halogens is 1. The summed E-state index contributed by atoms with van der Waals surface area (Å²) in [6.07, 6.45) is 0.0537. The summed E-state index contributed by atoms with van der Waals surface area (Å²) >= 11 is 0. The summed E-state index contributed by atoms with van der Waals surface area (Å²) in [6.45, 7) is 0. The fourth-order valence-corrected chi connectivity index (χ4v) is 0.859. The highest BCUT2D eigenvalue weighted by molar-refractivity contribution is 5.72. The topological polar surface area (TPSA) is 50.1 Å². The van der Waals surface area contributed by atoms with Crippen molar-refractivity contribution in [1.29, 1.82) is 5.26 Å². The number of hydrogen-bond donors (Lipinski definition) is 0. The highest BCUT2D eigenvalue weighted by atomic mass is 19.1. The molecule has 0 radical (unpaired) electrons. The fraction of sp³-hybridized carbons (Fsp3) is 0.200. The van der Waals surface area contributed by atoms with Gasteiger partial charge in [-0.15, -0.1) is 0 Å². The standard InChI is InChI=1S/C10H8FNO2/c11-8-4-1-2-5-9(8)14-10(13)6-3-7-12/h1-2,4-5H,3,6H2. The van der Waals surface area contributed by atoms with Gasteiger partial charge in [0.05, 0.1) is 12.5 Å². The molecule has 1 aromatic rings. The van der Waals surface area contributed by atoms with Gasteiger partial charge in [-0.3, -0.25) is 4.79 Å². The molecule has 1 rings (SSSR count). The number of carbonyl (C=O) groups excluding carboxylic acids is 1. The molecule has 0 unspecified atom stereocenters. The van der Waals surface area contributed by atoms with E-state index in [0.717, 1.165) is 0 Å². The molecular weight excluding hydrogens is 185 g/mol. The average molecular weight is 193 g/mol. The van der Waals surface area contributed by atoms with Crippen molar-refractivity contribution in [3.8, 4) is 11.8 Å². The Morgan fingerprint density at radius 2 is 2.21 bits per heavy atom. The molecular formula is C10H8FNO2. The number of esters is 1. The second-order valence-corrected chi connectivity index (χ2v) is 2.56. The number of hydrogen-bond acceptors (Lipinski definition) is 3. The van der Waals surface area contributed by atoms with E-state index in [0.29, 0.717) is 0 Å². The molecule has 3 nitrogen and oxygen atoms in total. The van der Waals surface area contributed by atoms with E-state index in [9.17, 15) is 9.18 Å². The number of ether oxygens (including phenoxy) is 1. The lowest BCUT2D eigenvalue weighted by atomic mass is 10.3. The van der Waals surface area contributed by atoms with Gasteiger partial charge in [0.25, 0.3) is 0 Å². The molecule has 1 aromatic carbocycles. The lowest BCUT2D eigenvalue weighted by Crippen LogP contribution is -2.08. The van der Waals surface area contributed by atoms with Crippen molar-refractivity contribution in [3.63, 3.8) is 0 Å². The lowest BCUT2D eigenvalue weighted by molar-refractivity contribution is -0.134. The second-order valence-electron chi connectivity index (χ2n) is 2.56. The first-order valence-corrected chi connectivity index (χ1v) is 4.06.